The summed E-state index contributed by atoms with van der Waals surface area (Å²) < 4.78 is 0. The monoisotopic (exact) mass is 444 g/mol. The summed E-state index contributed by atoms with van der Waals surface area (Å²) in [5.74, 6) is 0. The van der Waals surface area contributed by atoms with Crippen LogP contribution in [0.25, 0.3) is 0 Å². The van der Waals surface area contributed by atoms with Gasteiger partial charge in [0.25, 0.3) is 0 Å². The zero-order valence-electron chi connectivity index (χ0n) is 17.9. The molecule has 0 aliphatic rings. The van der Waals surface area contributed by atoms with Gasteiger partial charge < -0.3 is 0 Å². The Morgan fingerprint density at radius 3 is 0.200 bits per heavy atom. The van der Waals surface area contributed by atoms with E-state index in [0.717, 1.165) is 0 Å². The van der Waals surface area contributed by atoms with Gasteiger partial charge >= 0.3 is 0 Å². The van der Waals surface area contributed by atoms with E-state index in [4.69, 9.17) is 0 Å². The van der Waals surface area contributed by atoms with Crippen molar-refractivity contribution in [2.24, 2.45) is 0 Å². The Hall–Kier alpha value is -3.54. The molecule has 0 heterocycles. The van der Waals surface area contributed by atoms with E-state index in [2.05, 4.69) is 78.9 Å². The van der Waals surface area contributed by atoms with Gasteiger partial charge in [0.2, 0.25) is 0 Å². The maximum absolute atomic E-state index is 3.36. The lowest BCUT2D eigenvalue weighted by Gasteiger charge is -1.44. The molecule has 0 saturated carbocycles. The molecule has 0 radical (unpaired) electrons. The van der Waals surface area contributed by atoms with Gasteiger partial charge in [0.05, 0.1) is 0 Å². The summed E-state index contributed by atoms with van der Waals surface area (Å²) in [5, 5.41) is 0. The highest BCUT2D eigenvalue weighted by Gasteiger charge is 1.31. The molecule has 0 rings (SSSR count). The van der Waals surface area contributed by atoms with Gasteiger partial charge in [-0.2, -0.15) is 0 Å². The van der Waals surface area contributed by atoms with E-state index in [9.17, 15) is 0 Å². The number of hydrogen-bond acceptors (Lipinski definition) is 0. The second-order valence-electron chi connectivity index (χ2n) is 2.83. The lowest BCUT2D eigenvalue weighted by atomic mass is 10.6. The first-order chi connectivity index (χ1) is 11.5. The molecule has 0 aliphatic carbocycles. The van der Waals surface area contributed by atoms with Crippen LogP contribution in [0, 0.1) is 0 Å². The van der Waals surface area contributed by atoms with Crippen LogP contribution >= 0.6 is 0 Å². The van der Waals surface area contributed by atoms with E-state index in [0.29, 0.717) is 0 Å². The van der Waals surface area contributed by atoms with Gasteiger partial charge in [-0.3, -0.25) is 28.2 Å². The van der Waals surface area contributed by atoms with Crippen LogP contribution in [0.2, 0.25) is 0 Å². The first-order valence-corrected chi connectivity index (χ1v) is 6.90. The summed E-state index contributed by atoms with van der Waals surface area (Å²) in [4.78, 5) is 0. The Kier molecular flexibility index (Phi) is 582. The van der Waals surface area contributed by atoms with Crippen LogP contribution in [-0.4, -0.2) is 0 Å². The second kappa shape index (κ2) is 213. The molecule has 0 unspecified atom stereocenters. The lowest BCUT2D eigenvalue weighted by Crippen LogP contribution is -1.21. The summed E-state index contributed by atoms with van der Waals surface area (Å²) in [6.45, 7) is 40.3. The molecule has 0 aliphatic heterocycles. The van der Waals surface area contributed by atoms with E-state index < -0.39 is 0 Å². The molecule has 0 nitrogen and oxygen atoms in total. The summed E-state index contributed by atoms with van der Waals surface area (Å²) in [6.07, 6.45) is 19.7. The predicted octanol–water partition coefficient (Wildman–Crippen LogP) is 9.07. The van der Waals surface area contributed by atoms with E-state index in [1.165, 1.54) is 0 Å². The fourth-order valence-corrected chi connectivity index (χ4v) is 0. The molecule has 0 aromatic rings. The van der Waals surface area contributed by atoms with Crippen molar-refractivity contribution in [1.29, 1.82) is 0 Å². The van der Waals surface area contributed by atoms with Crippen molar-refractivity contribution in [1.82, 2.24) is 0 Å². The Morgan fingerprint density at radius 2 is 0.200 bits per heavy atom. The maximum atomic E-state index is 3.36. The summed E-state index contributed by atoms with van der Waals surface area (Å²) >= 11 is 0. The van der Waals surface area contributed by atoms with Gasteiger partial charge in [0.1, 0.15) is 0 Å². The number of hydrogen-bond donors (Lipinski definition) is 0. The standard InChI is InChI=1S/6C4H6.6FH/c6*1-3-4-2;;;;;;/h6*3-4H,1-2H2;6*1H. The topological polar surface area (TPSA) is 0 Å². The van der Waals surface area contributed by atoms with Crippen molar-refractivity contribution in [3.8, 4) is 0 Å². The van der Waals surface area contributed by atoms with Crippen molar-refractivity contribution < 1.29 is 28.2 Å². The fourth-order valence-electron chi connectivity index (χ4n) is 0. The van der Waals surface area contributed by atoms with Gasteiger partial charge in [0.15, 0.2) is 0 Å². The third kappa shape index (κ3) is 2220. The summed E-state index contributed by atoms with van der Waals surface area (Å²) in [7, 11) is 0. The fraction of sp³-hybridized carbons (Fsp3) is 0. The molecular formula is C24H42F6. The Labute approximate surface area is 180 Å². The van der Waals surface area contributed by atoms with Gasteiger partial charge in [-0.05, 0) is 0 Å². The van der Waals surface area contributed by atoms with Gasteiger partial charge in [-0.15, -0.1) is 0 Å². The second-order valence-corrected chi connectivity index (χ2v) is 2.83. The van der Waals surface area contributed by atoms with Crippen molar-refractivity contribution in [2.45, 2.75) is 0 Å². The molecule has 6 heteroatoms. The highest BCUT2D eigenvalue weighted by molar-refractivity contribution is 4.90. The lowest BCUT2D eigenvalue weighted by molar-refractivity contribution is 1.11. The highest BCUT2D eigenvalue weighted by Crippen LogP contribution is 1.54. The predicted molar refractivity (Wildman–Crippen MR) is 137 cm³/mol. The first kappa shape index (κ1) is 82.0. The quantitative estimate of drug-likeness (QED) is 0.283. The van der Waals surface area contributed by atoms with Crippen molar-refractivity contribution in [2.75, 3.05) is 0 Å². The molecule has 0 N–H and O–H groups in total. The first-order valence-electron chi connectivity index (χ1n) is 6.90. The van der Waals surface area contributed by atoms with Crippen LogP contribution in [0.1, 0.15) is 0 Å². The van der Waals surface area contributed by atoms with Crippen LogP contribution in [0.4, 0.5) is 28.2 Å². The molecule has 0 amide bonds. The number of rotatable bonds is 6. The average Bonchev–Trinajstić information content (AvgIpc) is 2.68. The molecule has 0 fully saturated rings. The smallest absolute Gasteiger partial charge is 0.0701 e. The van der Waals surface area contributed by atoms with Crippen molar-refractivity contribution >= 4 is 0 Å². The van der Waals surface area contributed by atoms with Crippen LogP contribution in [0.5, 0.6) is 0 Å². The SMILES string of the molecule is C=CC=C.C=CC=C.C=CC=C.C=CC=C.C=CC=C.C=CC=C.F.F.F.F.F.F. The number of halogens is 6. The average molecular weight is 445 g/mol. The van der Waals surface area contributed by atoms with Crippen LogP contribution in [0.15, 0.2) is 152 Å². The van der Waals surface area contributed by atoms with E-state index in [1.807, 2.05) is 0 Å². The van der Waals surface area contributed by atoms with E-state index in [1.54, 1.807) is 72.9 Å². The van der Waals surface area contributed by atoms with Crippen LogP contribution in [-0.2, 0) is 0 Å². The highest BCUT2D eigenvalue weighted by atomic mass is 19.0. The van der Waals surface area contributed by atoms with Gasteiger partial charge in [-0.1, -0.05) is 152 Å². The minimum atomic E-state index is 0. The Bertz CT molecular complexity index is 241. The molecule has 0 aromatic carbocycles. The Balaban J connectivity index is -0.0000000125. The van der Waals surface area contributed by atoms with Gasteiger partial charge in [-0.25, -0.2) is 0 Å². The number of allylic oxidation sites excluding steroid dienone is 12. The normalized spacial score (nSPS) is 4.00. The zero-order valence-corrected chi connectivity index (χ0v) is 17.9. The maximum Gasteiger partial charge on any atom is -0.0701 e. The Morgan fingerprint density at radius 1 is 0.167 bits per heavy atom. The molecule has 0 atom stereocenters. The molecular weight excluding hydrogens is 402 g/mol. The minimum absolute atomic E-state index is 0. The van der Waals surface area contributed by atoms with Crippen molar-refractivity contribution in [3.05, 3.63) is 152 Å². The molecule has 0 aromatic heterocycles. The summed E-state index contributed by atoms with van der Waals surface area (Å²) in [6, 6.07) is 0. The van der Waals surface area contributed by atoms with Crippen molar-refractivity contribution in [3.63, 3.8) is 0 Å². The molecule has 0 bridgehead atoms. The largest absolute Gasteiger partial charge is 0.269 e. The molecule has 30 heavy (non-hydrogen) atoms. The third-order valence-electron chi connectivity index (χ3n) is 1.000. The van der Waals surface area contributed by atoms with E-state index in [-0.39, 0.29) is 28.2 Å². The third-order valence-corrected chi connectivity index (χ3v) is 1.000. The molecule has 0 saturated heterocycles. The van der Waals surface area contributed by atoms with Gasteiger partial charge in [0, 0.05) is 0 Å². The molecule has 180 valence electrons. The van der Waals surface area contributed by atoms with E-state index >= 15 is 0 Å². The minimum Gasteiger partial charge on any atom is -0.269 e. The van der Waals surface area contributed by atoms with Crippen LogP contribution in [0.3, 0.4) is 0 Å². The molecule has 0 spiro atoms. The summed E-state index contributed by atoms with van der Waals surface area (Å²) in [5.41, 5.74) is 0. The van der Waals surface area contributed by atoms with Crippen LogP contribution < -0.4 is 0 Å². The zero-order chi connectivity index (χ0) is 20.5.